The fourth-order valence-electron chi connectivity index (χ4n) is 1.91. The largest absolute Gasteiger partial charge is 0.444 e. The van der Waals surface area contributed by atoms with Crippen LogP contribution >= 0.6 is 0 Å². The number of nitrogens with zero attached hydrogens (tertiary/aromatic N) is 1. The maximum atomic E-state index is 12.2. The average molecular weight is 385 g/mol. The van der Waals surface area contributed by atoms with E-state index < -0.39 is 21.7 Å². The average Bonchev–Trinajstić information content (AvgIpc) is 2.47. The summed E-state index contributed by atoms with van der Waals surface area (Å²) in [5.41, 5.74) is 0.535. The van der Waals surface area contributed by atoms with E-state index in [2.05, 4.69) is 10.6 Å². The smallest absolute Gasteiger partial charge is 0.407 e. The summed E-state index contributed by atoms with van der Waals surface area (Å²) in [5.74, 6) is -0.344. The predicted octanol–water partition coefficient (Wildman–Crippen LogP) is 2.10. The summed E-state index contributed by atoms with van der Waals surface area (Å²) in [6.45, 7) is 7.11. The third-order valence-electron chi connectivity index (χ3n) is 3.28. The number of carbonyl (C=O) groups excluding carboxylic acids is 2. The third kappa shape index (κ3) is 6.64. The van der Waals surface area contributed by atoms with Crippen molar-refractivity contribution in [2.45, 2.75) is 44.6 Å². The van der Waals surface area contributed by atoms with Crippen molar-refractivity contribution in [3.63, 3.8) is 0 Å². The van der Waals surface area contributed by atoms with Crippen LogP contribution in [0.25, 0.3) is 0 Å². The van der Waals surface area contributed by atoms with Gasteiger partial charge in [0.05, 0.1) is 4.90 Å². The maximum absolute atomic E-state index is 12.2. The molecule has 0 spiro atoms. The molecule has 0 saturated carbocycles. The maximum Gasteiger partial charge on any atom is 0.407 e. The van der Waals surface area contributed by atoms with Gasteiger partial charge in [-0.2, -0.15) is 0 Å². The molecule has 1 rings (SSSR count). The summed E-state index contributed by atoms with van der Waals surface area (Å²) in [4.78, 5) is 23.7. The lowest BCUT2D eigenvalue weighted by Gasteiger charge is -2.19. The molecule has 9 heteroatoms. The van der Waals surface area contributed by atoms with Crippen LogP contribution in [-0.4, -0.2) is 51.0 Å². The number of alkyl carbamates (subject to hydrolysis) is 1. The molecule has 2 N–H and O–H groups in total. The molecule has 0 atom stereocenters. The van der Waals surface area contributed by atoms with E-state index in [1.807, 2.05) is 0 Å². The van der Waals surface area contributed by atoms with Crippen molar-refractivity contribution in [3.05, 3.63) is 23.8 Å². The minimum Gasteiger partial charge on any atom is -0.444 e. The summed E-state index contributed by atoms with van der Waals surface area (Å²) in [6, 6.07) is 4.54. The zero-order valence-electron chi connectivity index (χ0n) is 16.0. The van der Waals surface area contributed by atoms with Gasteiger partial charge >= 0.3 is 6.09 Å². The van der Waals surface area contributed by atoms with Crippen LogP contribution in [0.3, 0.4) is 0 Å². The lowest BCUT2D eigenvalue weighted by atomic mass is 10.2. The number of ether oxygens (including phenoxy) is 1. The van der Waals surface area contributed by atoms with E-state index in [0.29, 0.717) is 5.69 Å². The number of nitrogens with one attached hydrogen (secondary N) is 2. The van der Waals surface area contributed by atoms with Crippen LogP contribution in [0.5, 0.6) is 0 Å². The lowest BCUT2D eigenvalue weighted by molar-refractivity contribution is -0.116. The first-order chi connectivity index (χ1) is 11.8. The summed E-state index contributed by atoms with van der Waals surface area (Å²) in [7, 11) is -0.709. The molecule has 1 aromatic carbocycles. The molecule has 0 bridgehead atoms. The van der Waals surface area contributed by atoms with Gasteiger partial charge in [-0.1, -0.05) is 6.07 Å². The number of hydrogen-bond donors (Lipinski definition) is 2. The van der Waals surface area contributed by atoms with Gasteiger partial charge in [-0.25, -0.2) is 17.5 Å². The summed E-state index contributed by atoms with van der Waals surface area (Å²) in [5, 5.41) is 5.17. The highest BCUT2D eigenvalue weighted by molar-refractivity contribution is 7.89. The Morgan fingerprint density at radius 3 is 2.35 bits per heavy atom. The predicted molar refractivity (Wildman–Crippen MR) is 99.5 cm³/mol. The summed E-state index contributed by atoms with van der Waals surface area (Å²) >= 11 is 0. The van der Waals surface area contributed by atoms with Gasteiger partial charge in [0.1, 0.15) is 5.60 Å². The Kier molecular flexibility index (Phi) is 7.16. The molecular weight excluding hydrogens is 358 g/mol. The molecule has 0 aliphatic rings. The summed E-state index contributed by atoms with van der Waals surface area (Å²) in [6.07, 6.45) is -0.566. The quantitative estimate of drug-likeness (QED) is 0.780. The molecule has 0 unspecified atom stereocenters. The van der Waals surface area contributed by atoms with E-state index in [4.69, 9.17) is 4.74 Å². The molecule has 2 amide bonds. The van der Waals surface area contributed by atoms with E-state index in [1.54, 1.807) is 33.8 Å². The second-order valence-electron chi connectivity index (χ2n) is 6.99. The number of aryl methyl sites for hydroxylation is 1. The Balaban J connectivity index is 2.69. The second kappa shape index (κ2) is 8.50. The van der Waals surface area contributed by atoms with E-state index in [-0.39, 0.29) is 23.8 Å². The molecule has 0 fully saturated rings. The minimum atomic E-state index is -3.59. The van der Waals surface area contributed by atoms with Crippen LogP contribution in [0, 0.1) is 6.92 Å². The van der Waals surface area contributed by atoms with Crippen molar-refractivity contribution in [1.29, 1.82) is 0 Å². The number of sulfonamides is 1. The highest BCUT2D eigenvalue weighted by Crippen LogP contribution is 2.22. The van der Waals surface area contributed by atoms with Crippen molar-refractivity contribution in [1.82, 2.24) is 9.62 Å². The van der Waals surface area contributed by atoms with Crippen LogP contribution in [0.2, 0.25) is 0 Å². The molecule has 0 radical (unpaired) electrons. The van der Waals surface area contributed by atoms with Crippen LogP contribution in [0.15, 0.2) is 23.1 Å². The molecule has 0 aliphatic heterocycles. The third-order valence-corrected chi connectivity index (χ3v) is 5.09. The van der Waals surface area contributed by atoms with Gasteiger partial charge in [-0.15, -0.1) is 0 Å². The van der Waals surface area contributed by atoms with E-state index in [0.717, 1.165) is 9.87 Å². The number of rotatable bonds is 6. The number of benzene rings is 1. The van der Waals surface area contributed by atoms with Crippen molar-refractivity contribution < 1.29 is 22.7 Å². The fraction of sp³-hybridized carbons (Fsp3) is 0.529. The zero-order chi connectivity index (χ0) is 20.1. The number of amides is 2. The first kappa shape index (κ1) is 21.9. The van der Waals surface area contributed by atoms with Gasteiger partial charge in [-0.05, 0) is 45.4 Å². The molecule has 26 heavy (non-hydrogen) atoms. The van der Waals surface area contributed by atoms with Crippen molar-refractivity contribution in [3.8, 4) is 0 Å². The molecule has 0 aliphatic carbocycles. The first-order valence-electron chi connectivity index (χ1n) is 8.13. The van der Waals surface area contributed by atoms with Crippen LogP contribution in [0.1, 0.15) is 32.8 Å². The summed E-state index contributed by atoms with van der Waals surface area (Å²) < 4.78 is 30.6. The van der Waals surface area contributed by atoms with Crippen LogP contribution < -0.4 is 10.6 Å². The van der Waals surface area contributed by atoms with E-state index >= 15 is 0 Å². The van der Waals surface area contributed by atoms with Gasteiger partial charge in [-0.3, -0.25) is 4.79 Å². The van der Waals surface area contributed by atoms with Gasteiger partial charge in [0.2, 0.25) is 15.9 Å². The van der Waals surface area contributed by atoms with E-state index in [9.17, 15) is 18.0 Å². The van der Waals surface area contributed by atoms with Crippen LogP contribution in [-0.2, 0) is 19.6 Å². The molecule has 0 saturated heterocycles. The van der Waals surface area contributed by atoms with Gasteiger partial charge in [0.25, 0.3) is 0 Å². The standard InChI is InChI=1S/C17H27N3O5S/c1-12-7-8-13(26(23,24)20(5)6)11-14(12)19-15(21)9-10-18-16(22)25-17(2,3)4/h7-8,11H,9-10H2,1-6H3,(H,18,22)(H,19,21). The topological polar surface area (TPSA) is 105 Å². The Hall–Kier alpha value is -2.13. The van der Waals surface area contributed by atoms with Crippen molar-refractivity contribution in [2.24, 2.45) is 0 Å². The highest BCUT2D eigenvalue weighted by atomic mass is 32.2. The van der Waals surface area contributed by atoms with Gasteiger partial charge < -0.3 is 15.4 Å². The normalized spacial score (nSPS) is 12.0. The second-order valence-corrected chi connectivity index (χ2v) is 9.14. The highest BCUT2D eigenvalue weighted by Gasteiger charge is 2.19. The number of anilines is 1. The Morgan fingerprint density at radius 1 is 1.19 bits per heavy atom. The molecule has 8 nitrogen and oxygen atoms in total. The Bertz CT molecular complexity index is 767. The zero-order valence-corrected chi connectivity index (χ0v) is 16.9. The minimum absolute atomic E-state index is 0.0311. The lowest BCUT2D eigenvalue weighted by Crippen LogP contribution is -2.34. The molecular formula is C17H27N3O5S. The first-order valence-corrected chi connectivity index (χ1v) is 9.57. The Morgan fingerprint density at radius 2 is 1.81 bits per heavy atom. The number of carbonyl (C=O) groups is 2. The van der Waals surface area contributed by atoms with Crippen molar-refractivity contribution >= 4 is 27.7 Å². The van der Waals surface area contributed by atoms with Crippen LogP contribution in [0.4, 0.5) is 10.5 Å². The van der Waals surface area contributed by atoms with Crippen molar-refractivity contribution in [2.75, 3.05) is 26.0 Å². The number of hydrogen-bond acceptors (Lipinski definition) is 5. The molecule has 1 aromatic rings. The monoisotopic (exact) mass is 385 g/mol. The molecule has 0 heterocycles. The Labute approximate surface area is 155 Å². The van der Waals surface area contributed by atoms with E-state index in [1.165, 1.54) is 26.2 Å². The fourth-order valence-corrected chi connectivity index (χ4v) is 2.84. The SMILES string of the molecule is Cc1ccc(S(=O)(=O)N(C)C)cc1NC(=O)CCNC(=O)OC(C)(C)C. The van der Waals surface area contributed by atoms with Gasteiger partial charge in [0.15, 0.2) is 0 Å². The molecule has 0 aromatic heterocycles. The molecule has 146 valence electrons. The van der Waals surface area contributed by atoms with Gasteiger partial charge in [0, 0.05) is 32.7 Å².